The number of nitrogens with one attached hydrogen (secondary N) is 1. The fourth-order valence-corrected chi connectivity index (χ4v) is 3.78. The summed E-state index contributed by atoms with van der Waals surface area (Å²) in [6.45, 7) is 11.1. The molecule has 0 aliphatic heterocycles. The van der Waals surface area contributed by atoms with Crippen LogP contribution in [-0.2, 0) is 13.1 Å². The highest BCUT2D eigenvalue weighted by molar-refractivity contribution is 5.81. The standard InChI is InChI=1S/C23H30N4O4/c1-13(2)10-26(20-21(24)27(11-14(3)4)23(30)25-22(20)29)12-16-9-19(28)31-18-8-15(5)6-7-17(16)18/h6-9,13-14H,10-12,24H2,1-5H3,(H,25,29,30). The lowest BCUT2D eigenvalue weighted by molar-refractivity contribution is 0.505. The van der Waals surface area contributed by atoms with Crippen molar-refractivity contribution >= 4 is 22.5 Å². The first kappa shape index (κ1) is 22.4. The third kappa shape index (κ3) is 4.90. The molecular weight excluding hydrogens is 396 g/mol. The molecule has 0 amide bonds. The zero-order valence-electron chi connectivity index (χ0n) is 18.7. The quantitative estimate of drug-likeness (QED) is 0.562. The first-order valence-corrected chi connectivity index (χ1v) is 10.5. The van der Waals surface area contributed by atoms with E-state index in [1.807, 2.05) is 57.7 Å². The van der Waals surface area contributed by atoms with Crippen LogP contribution in [0.4, 0.5) is 11.5 Å². The van der Waals surface area contributed by atoms with E-state index in [0.29, 0.717) is 18.7 Å². The highest BCUT2D eigenvalue weighted by Gasteiger charge is 2.21. The van der Waals surface area contributed by atoms with Gasteiger partial charge in [0, 0.05) is 31.1 Å². The summed E-state index contributed by atoms with van der Waals surface area (Å²) in [6, 6.07) is 7.11. The number of rotatable bonds is 7. The second-order valence-electron chi connectivity index (χ2n) is 8.86. The van der Waals surface area contributed by atoms with E-state index in [2.05, 4.69) is 4.98 Å². The van der Waals surface area contributed by atoms with Crippen LogP contribution in [0.2, 0.25) is 0 Å². The molecule has 0 saturated carbocycles. The van der Waals surface area contributed by atoms with Crippen molar-refractivity contribution in [1.29, 1.82) is 0 Å². The van der Waals surface area contributed by atoms with Crippen LogP contribution in [0.1, 0.15) is 38.8 Å². The fraction of sp³-hybridized carbons (Fsp3) is 0.435. The Labute approximate surface area is 180 Å². The Morgan fingerprint density at radius 1 is 1.10 bits per heavy atom. The summed E-state index contributed by atoms with van der Waals surface area (Å²) >= 11 is 0. The second kappa shape index (κ2) is 8.83. The molecule has 8 nitrogen and oxygen atoms in total. The molecule has 166 valence electrons. The lowest BCUT2D eigenvalue weighted by atomic mass is 10.1. The van der Waals surface area contributed by atoms with Gasteiger partial charge < -0.3 is 15.1 Å². The van der Waals surface area contributed by atoms with Crippen molar-refractivity contribution in [3.63, 3.8) is 0 Å². The van der Waals surface area contributed by atoms with Gasteiger partial charge in [0.2, 0.25) is 0 Å². The lowest BCUT2D eigenvalue weighted by Gasteiger charge is -2.28. The summed E-state index contributed by atoms with van der Waals surface area (Å²) in [4.78, 5) is 41.6. The van der Waals surface area contributed by atoms with Gasteiger partial charge >= 0.3 is 11.3 Å². The molecule has 0 spiro atoms. The van der Waals surface area contributed by atoms with Gasteiger partial charge in [-0.3, -0.25) is 14.3 Å². The maximum Gasteiger partial charge on any atom is 0.336 e. The van der Waals surface area contributed by atoms with Gasteiger partial charge in [-0.15, -0.1) is 0 Å². The van der Waals surface area contributed by atoms with E-state index in [4.69, 9.17) is 10.2 Å². The molecule has 1 aromatic carbocycles. The number of nitrogens with two attached hydrogens (primary N) is 1. The van der Waals surface area contributed by atoms with Crippen molar-refractivity contribution in [3.05, 3.63) is 66.7 Å². The summed E-state index contributed by atoms with van der Waals surface area (Å²) < 4.78 is 6.76. The Kier molecular flexibility index (Phi) is 6.38. The maximum absolute atomic E-state index is 12.8. The second-order valence-corrected chi connectivity index (χ2v) is 8.86. The minimum Gasteiger partial charge on any atom is -0.423 e. The molecule has 0 atom stereocenters. The van der Waals surface area contributed by atoms with Crippen molar-refractivity contribution < 1.29 is 4.42 Å². The summed E-state index contributed by atoms with van der Waals surface area (Å²) in [7, 11) is 0. The fourth-order valence-electron chi connectivity index (χ4n) is 3.78. The third-order valence-electron chi connectivity index (χ3n) is 5.01. The smallest absolute Gasteiger partial charge is 0.336 e. The molecule has 0 saturated heterocycles. The largest absolute Gasteiger partial charge is 0.423 e. The molecule has 2 heterocycles. The van der Waals surface area contributed by atoms with E-state index in [1.54, 1.807) is 0 Å². The van der Waals surface area contributed by atoms with Gasteiger partial charge in [-0.1, -0.05) is 39.8 Å². The summed E-state index contributed by atoms with van der Waals surface area (Å²) in [5, 5.41) is 0.796. The highest BCUT2D eigenvalue weighted by Crippen LogP contribution is 2.25. The minimum atomic E-state index is -0.536. The number of nitrogens with zero attached hydrogens (tertiary/aromatic N) is 2. The molecule has 8 heteroatoms. The molecular formula is C23H30N4O4. The first-order chi connectivity index (χ1) is 14.6. The number of anilines is 2. The van der Waals surface area contributed by atoms with Crippen LogP contribution in [0, 0.1) is 18.8 Å². The van der Waals surface area contributed by atoms with Gasteiger partial charge in [0.15, 0.2) is 0 Å². The molecule has 0 fully saturated rings. The zero-order chi connectivity index (χ0) is 22.9. The predicted octanol–water partition coefficient (Wildman–Crippen LogP) is 2.85. The van der Waals surface area contributed by atoms with Gasteiger partial charge in [-0.25, -0.2) is 9.59 Å². The molecule has 0 aliphatic rings. The van der Waals surface area contributed by atoms with Gasteiger partial charge in [0.25, 0.3) is 5.56 Å². The van der Waals surface area contributed by atoms with E-state index >= 15 is 0 Å². The zero-order valence-corrected chi connectivity index (χ0v) is 18.7. The van der Waals surface area contributed by atoms with Crippen LogP contribution >= 0.6 is 0 Å². The van der Waals surface area contributed by atoms with Crippen molar-refractivity contribution in [1.82, 2.24) is 9.55 Å². The van der Waals surface area contributed by atoms with E-state index in [1.165, 1.54) is 10.6 Å². The normalized spacial score (nSPS) is 11.6. The SMILES string of the molecule is Cc1ccc2c(CN(CC(C)C)c3c(N)n(CC(C)C)c(=O)[nH]c3=O)cc(=O)oc2c1. The summed E-state index contributed by atoms with van der Waals surface area (Å²) in [5.41, 5.74) is 7.28. The number of aromatic amines is 1. The number of nitrogen functional groups attached to an aromatic ring is 1. The monoisotopic (exact) mass is 426 g/mol. The van der Waals surface area contributed by atoms with E-state index < -0.39 is 16.9 Å². The number of hydrogen-bond donors (Lipinski definition) is 2. The molecule has 31 heavy (non-hydrogen) atoms. The molecule has 0 radical (unpaired) electrons. The molecule has 3 rings (SSSR count). The highest BCUT2D eigenvalue weighted by atomic mass is 16.4. The van der Waals surface area contributed by atoms with E-state index in [-0.39, 0.29) is 29.9 Å². The van der Waals surface area contributed by atoms with Gasteiger partial charge in [-0.05, 0) is 36.0 Å². The number of hydrogen-bond acceptors (Lipinski definition) is 6. The number of benzene rings is 1. The van der Waals surface area contributed by atoms with Crippen molar-refractivity contribution in [2.24, 2.45) is 11.8 Å². The van der Waals surface area contributed by atoms with Crippen molar-refractivity contribution in [2.45, 2.75) is 47.7 Å². The Bertz CT molecular complexity index is 1270. The molecule has 0 bridgehead atoms. The number of aromatic nitrogens is 2. The van der Waals surface area contributed by atoms with E-state index in [0.717, 1.165) is 16.5 Å². The molecule has 2 aromatic heterocycles. The minimum absolute atomic E-state index is 0.131. The van der Waals surface area contributed by atoms with Crippen LogP contribution in [-0.4, -0.2) is 16.1 Å². The average Bonchev–Trinajstić information content (AvgIpc) is 2.63. The van der Waals surface area contributed by atoms with Crippen LogP contribution in [0.25, 0.3) is 11.0 Å². The van der Waals surface area contributed by atoms with Gasteiger partial charge in [0.05, 0.1) is 0 Å². The average molecular weight is 427 g/mol. The summed E-state index contributed by atoms with van der Waals surface area (Å²) in [5.74, 6) is 0.507. The molecule has 3 aromatic rings. The Balaban J connectivity index is 2.18. The Hall–Kier alpha value is -3.29. The van der Waals surface area contributed by atoms with Crippen molar-refractivity contribution in [3.8, 4) is 0 Å². The van der Waals surface area contributed by atoms with Gasteiger partial charge in [0.1, 0.15) is 17.1 Å². The topological polar surface area (TPSA) is 114 Å². The van der Waals surface area contributed by atoms with Crippen LogP contribution in [0.15, 0.2) is 43.1 Å². The van der Waals surface area contributed by atoms with Crippen molar-refractivity contribution in [2.75, 3.05) is 17.2 Å². The first-order valence-electron chi connectivity index (χ1n) is 10.5. The number of aryl methyl sites for hydroxylation is 1. The number of fused-ring (bicyclic) bond motifs is 1. The lowest BCUT2D eigenvalue weighted by Crippen LogP contribution is -2.40. The Morgan fingerprint density at radius 2 is 1.81 bits per heavy atom. The van der Waals surface area contributed by atoms with E-state index in [9.17, 15) is 14.4 Å². The Morgan fingerprint density at radius 3 is 2.45 bits per heavy atom. The third-order valence-corrected chi connectivity index (χ3v) is 5.01. The molecule has 3 N–H and O–H groups in total. The number of H-pyrrole nitrogens is 1. The maximum atomic E-state index is 12.8. The predicted molar refractivity (Wildman–Crippen MR) is 124 cm³/mol. The molecule has 0 aliphatic carbocycles. The van der Waals surface area contributed by atoms with Crippen LogP contribution in [0.5, 0.6) is 0 Å². The van der Waals surface area contributed by atoms with Crippen LogP contribution < -0.4 is 27.5 Å². The van der Waals surface area contributed by atoms with Gasteiger partial charge in [-0.2, -0.15) is 0 Å². The van der Waals surface area contributed by atoms with Crippen LogP contribution in [0.3, 0.4) is 0 Å². The molecule has 0 unspecified atom stereocenters. The summed E-state index contributed by atoms with van der Waals surface area (Å²) in [6.07, 6.45) is 0.